The number of hydrogen-bond donors (Lipinski definition) is 1. The Balaban J connectivity index is 2.47. The highest BCUT2D eigenvalue weighted by molar-refractivity contribution is 5.95. The maximum absolute atomic E-state index is 13.2. The maximum Gasteiger partial charge on any atom is 0.337 e. The number of nitrogens with zero attached hydrogens (tertiary/aromatic N) is 1. The number of rotatable bonds is 4. The highest BCUT2D eigenvalue weighted by atomic mass is 19.1. The normalized spacial score (nSPS) is 10.2. The number of methoxy groups -OCH3 is 1. The Morgan fingerprint density at radius 3 is 2.65 bits per heavy atom. The molecule has 0 heterocycles. The first-order valence-electron chi connectivity index (χ1n) is 5.93. The molecule has 0 saturated carbocycles. The second-order valence-corrected chi connectivity index (χ2v) is 4.23. The third-order valence-corrected chi connectivity index (χ3v) is 2.99. The number of carbonyl (C=O) groups is 1. The summed E-state index contributed by atoms with van der Waals surface area (Å²) < 4.78 is 18.3. The van der Waals surface area contributed by atoms with Crippen molar-refractivity contribution in [2.45, 2.75) is 0 Å². The topological polar surface area (TPSA) is 49.8 Å². The molecular formula is C15H14FNO3. The first-order chi connectivity index (χ1) is 9.52. The molecule has 104 valence electrons. The molecule has 0 unspecified atom stereocenters. The van der Waals surface area contributed by atoms with E-state index in [-0.39, 0.29) is 5.56 Å². The summed E-state index contributed by atoms with van der Waals surface area (Å²) >= 11 is 0. The Labute approximate surface area is 116 Å². The van der Waals surface area contributed by atoms with Crippen molar-refractivity contribution in [1.82, 2.24) is 0 Å². The van der Waals surface area contributed by atoms with E-state index in [1.54, 1.807) is 37.3 Å². The van der Waals surface area contributed by atoms with Gasteiger partial charge in [0, 0.05) is 18.8 Å². The average molecular weight is 275 g/mol. The number of ether oxygens (including phenoxy) is 1. The molecule has 0 atom stereocenters. The lowest BCUT2D eigenvalue weighted by Gasteiger charge is -2.21. The van der Waals surface area contributed by atoms with Crippen molar-refractivity contribution in [3.05, 3.63) is 53.8 Å². The summed E-state index contributed by atoms with van der Waals surface area (Å²) in [5.41, 5.74) is 1.07. The predicted octanol–water partition coefficient (Wildman–Crippen LogP) is 3.30. The third kappa shape index (κ3) is 2.71. The molecule has 0 bridgehead atoms. The first kappa shape index (κ1) is 13.9. The lowest BCUT2D eigenvalue weighted by Crippen LogP contribution is -2.14. The highest BCUT2D eigenvalue weighted by Crippen LogP contribution is 2.29. The molecule has 2 aromatic carbocycles. The van der Waals surface area contributed by atoms with Gasteiger partial charge in [-0.1, -0.05) is 6.07 Å². The summed E-state index contributed by atoms with van der Waals surface area (Å²) in [7, 11) is 3.27. The monoisotopic (exact) mass is 275 g/mol. The van der Waals surface area contributed by atoms with Gasteiger partial charge in [-0.05, 0) is 30.3 Å². The van der Waals surface area contributed by atoms with Crippen molar-refractivity contribution in [3.63, 3.8) is 0 Å². The van der Waals surface area contributed by atoms with Crippen LogP contribution in [0.15, 0.2) is 42.5 Å². The zero-order chi connectivity index (χ0) is 14.7. The molecule has 0 fully saturated rings. The predicted molar refractivity (Wildman–Crippen MR) is 74.4 cm³/mol. The van der Waals surface area contributed by atoms with Gasteiger partial charge in [-0.2, -0.15) is 0 Å². The molecule has 0 amide bonds. The van der Waals surface area contributed by atoms with Crippen LogP contribution in [0, 0.1) is 5.82 Å². The van der Waals surface area contributed by atoms with Crippen molar-refractivity contribution < 1.29 is 19.0 Å². The molecule has 0 aromatic heterocycles. The van der Waals surface area contributed by atoms with E-state index in [4.69, 9.17) is 9.84 Å². The fourth-order valence-corrected chi connectivity index (χ4v) is 1.93. The number of hydrogen-bond acceptors (Lipinski definition) is 3. The second kappa shape index (κ2) is 5.61. The molecule has 0 aliphatic heterocycles. The lowest BCUT2D eigenvalue weighted by atomic mass is 10.1. The molecule has 2 aromatic rings. The van der Waals surface area contributed by atoms with Gasteiger partial charge in [0.2, 0.25) is 0 Å². The maximum atomic E-state index is 13.2. The molecule has 20 heavy (non-hydrogen) atoms. The molecule has 4 nitrogen and oxygen atoms in total. The largest absolute Gasteiger partial charge is 0.497 e. The Hall–Kier alpha value is -2.56. The second-order valence-electron chi connectivity index (χ2n) is 4.23. The van der Waals surface area contributed by atoms with E-state index in [9.17, 15) is 9.18 Å². The number of aromatic carboxylic acids is 1. The molecule has 1 N–H and O–H groups in total. The van der Waals surface area contributed by atoms with Gasteiger partial charge in [-0.3, -0.25) is 0 Å². The lowest BCUT2D eigenvalue weighted by molar-refractivity contribution is 0.0697. The minimum absolute atomic E-state index is 0.0877. The van der Waals surface area contributed by atoms with Crippen LogP contribution >= 0.6 is 0 Å². The molecule has 5 heteroatoms. The Morgan fingerprint density at radius 1 is 1.25 bits per heavy atom. The van der Waals surface area contributed by atoms with E-state index in [1.165, 1.54) is 12.1 Å². The summed E-state index contributed by atoms with van der Waals surface area (Å²) in [6.45, 7) is 0. The van der Waals surface area contributed by atoms with Crippen LogP contribution in [-0.4, -0.2) is 25.2 Å². The van der Waals surface area contributed by atoms with Gasteiger partial charge in [0.15, 0.2) is 0 Å². The third-order valence-electron chi connectivity index (χ3n) is 2.99. The summed E-state index contributed by atoms with van der Waals surface area (Å²) in [6.07, 6.45) is 0. The van der Waals surface area contributed by atoms with Crippen LogP contribution in [0.2, 0.25) is 0 Å². The Kier molecular flexibility index (Phi) is 3.89. The number of carboxylic acid groups (broad SMARTS) is 1. The molecule has 0 radical (unpaired) electrons. The van der Waals surface area contributed by atoms with Gasteiger partial charge in [0.05, 0.1) is 18.4 Å². The molecule has 2 rings (SSSR count). The summed E-state index contributed by atoms with van der Waals surface area (Å²) in [4.78, 5) is 12.9. The fraction of sp³-hybridized carbons (Fsp3) is 0.133. The van der Waals surface area contributed by atoms with Crippen LogP contribution in [0.4, 0.5) is 15.8 Å². The smallest absolute Gasteiger partial charge is 0.337 e. The zero-order valence-electron chi connectivity index (χ0n) is 11.1. The van der Waals surface area contributed by atoms with E-state index >= 15 is 0 Å². The number of benzene rings is 2. The summed E-state index contributed by atoms with van der Waals surface area (Å²) in [5, 5.41) is 9.17. The molecule has 0 aliphatic rings. The first-order valence-corrected chi connectivity index (χ1v) is 5.93. The number of carboxylic acids is 1. The van der Waals surface area contributed by atoms with Crippen LogP contribution < -0.4 is 9.64 Å². The molecule has 0 aliphatic carbocycles. The van der Waals surface area contributed by atoms with Crippen molar-refractivity contribution in [3.8, 4) is 5.75 Å². The highest BCUT2D eigenvalue weighted by Gasteiger charge is 2.16. The Morgan fingerprint density at radius 2 is 2.00 bits per heavy atom. The number of anilines is 2. The van der Waals surface area contributed by atoms with Crippen LogP contribution in [0.5, 0.6) is 5.75 Å². The van der Waals surface area contributed by atoms with Gasteiger partial charge in [0.25, 0.3) is 0 Å². The van der Waals surface area contributed by atoms with Crippen LogP contribution in [0.3, 0.4) is 0 Å². The molecular weight excluding hydrogens is 261 g/mol. The van der Waals surface area contributed by atoms with Gasteiger partial charge in [0.1, 0.15) is 11.6 Å². The van der Waals surface area contributed by atoms with Crippen molar-refractivity contribution >= 4 is 17.3 Å². The quantitative estimate of drug-likeness (QED) is 0.930. The fourth-order valence-electron chi connectivity index (χ4n) is 1.93. The SMILES string of the molecule is COc1cccc(N(C)c2ccc(F)cc2C(=O)O)c1. The minimum atomic E-state index is -1.17. The summed E-state index contributed by atoms with van der Waals surface area (Å²) in [5.74, 6) is -1.09. The molecule has 0 saturated heterocycles. The van der Waals surface area contributed by atoms with Crippen LogP contribution in [0.25, 0.3) is 0 Å². The minimum Gasteiger partial charge on any atom is -0.497 e. The van der Waals surface area contributed by atoms with Gasteiger partial charge in [-0.15, -0.1) is 0 Å². The average Bonchev–Trinajstić information content (AvgIpc) is 2.46. The molecule has 0 spiro atoms. The van der Waals surface area contributed by atoms with Crippen molar-refractivity contribution in [2.24, 2.45) is 0 Å². The standard InChI is InChI=1S/C15H14FNO3/c1-17(11-4-3-5-12(9-11)20-2)14-7-6-10(16)8-13(14)15(18)19/h3-9H,1-2H3,(H,18,19). The zero-order valence-corrected chi connectivity index (χ0v) is 11.1. The Bertz CT molecular complexity index is 643. The van der Waals surface area contributed by atoms with E-state index in [2.05, 4.69) is 0 Å². The van der Waals surface area contributed by atoms with E-state index < -0.39 is 11.8 Å². The summed E-state index contributed by atoms with van der Waals surface area (Å²) in [6, 6.07) is 10.9. The van der Waals surface area contributed by atoms with E-state index in [1.807, 2.05) is 6.07 Å². The van der Waals surface area contributed by atoms with Gasteiger partial charge in [-0.25, -0.2) is 9.18 Å². The van der Waals surface area contributed by atoms with E-state index in [0.717, 1.165) is 11.8 Å². The van der Waals surface area contributed by atoms with Gasteiger partial charge < -0.3 is 14.7 Å². The van der Waals surface area contributed by atoms with Crippen LogP contribution in [-0.2, 0) is 0 Å². The van der Waals surface area contributed by atoms with Crippen molar-refractivity contribution in [1.29, 1.82) is 0 Å². The van der Waals surface area contributed by atoms with Crippen molar-refractivity contribution in [2.75, 3.05) is 19.1 Å². The van der Waals surface area contributed by atoms with Crippen LogP contribution in [0.1, 0.15) is 10.4 Å². The van der Waals surface area contributed by atoms with Gasteiger partial charge >= 0.3 is 5.97 Å². The number of halogens is 1. The van der Waals surface area contributed by atoms with E-state index in [0.29, 0.717) is 11.4 Å².